The van der Waals surface area contributed by atoms with Gasteiger partial charge in [-0.15, -0.1) is 0 Å². The van der Waals surface area contributed by atoms with Crippen molar-refractivity contribution in [1.29, 1.82) is 0 Å². The van der Waals surface area contributed by atoms with Crippen LogP contribution in [0.3, 0.4) is 0 Å². The van der Waals surface area contributed by atoms with E-state index in [4.69, 9.17) is 4.74 Å². The highest BCUT2D eigenvalue weighted by atomic mass is 79.9. The number of ether oxygens (including phenoxy) is 1. The van der Waals surface area contributed by atoms with E-state index in [0.717, 1.165) is 16.7 Å². The van der Waals surface area contributed by atoms with Gasteiger partial charge >= 0.3 is 0 Å². The molecule has 3 nitrogen and oxygen atoms in total. The summed E-state index contributed by atoms with van der Waals surface area (Å²) in [6.07, 6.45) is 1.79. The molecular weight excluding hydrogens is 208 g/mol. The number of hydrogen-bond donors (Lipinski definition) is 0. The predicted octanol–water partition coefficient (Wildman–Crippen LogP) is 1.81. The molecule has 4 heteroatoms. The van der Waals surface area contributed by atoms with Crippen LogP contribution in [-0.4, -0.2) is 16.9 Å². The number of methoxy groups -OCH3 is 1. The minimum absolute atomic E-state index is 0.606. The molecule has 0 aliphatic heterocycles. The Labute approximate surface area is 74.5 Å². The van der Waals surface area contributed by atoms with Gasteiger partial charge in [0, 0.05) is 13.7 Å². The van der Waals surface area contributed by atoms with E-state index < -0.39 is 0 Å². The van der Waals surface area contributed by atoms with Crippen molar-refractivity contribution >= 4 is 15.9 Å². The first-order valence-corrected chi connectivity index (χ1v) is 4.28. The molecule has 62 valence electrons. The summed E-state index contributed by atoms with van der Waals surface area (Å²) in [5.41, 5.74) is 1.09. The second-order valence-corrected chi connectivity index (χ2v) is 3.04. The number of aryl methyl sites for hydroxylation is 1. The summed E-state index contributed by atoms with van der Waals surface area (Å²) in [4.78, 5) is 0. The number of nitrogens with zero attached hydrogens (tertiary/aromatic N) is 2. The third-order valence-corrected chi connectivity index (χ3v) is 2.14. The van der Waals surface area contributed by atoms with Gasteiger partial charge in [0.05, 0.1) is 23.0 Å². The minimum Gasteiger partial charge on any atom is -0.378 e. The number of rotatable bonds is 3. The molecule has 0 unspecified atom stereocenters. The van der Waals surface area contributed by atoms with Crippen LogP contribution in [0.5, 0.6) is 0 Å². The van der Waals surface area contributed by atoms with Crippen molar-refractivity contribution in [3.63, 3.8) is 0 Å². The summed E-state index contributed by atoms with van der Waals surface area (Å²) in [7, 11) is 1.68. The Bertz CT molecular complexity index is 234. The second kappa shape index (κ2) is 3.88. The van der Waals surface area contributed by atoms with E-state index in [9.17, 15) is 0 Å². The molecule has 1 heterocycles. The first kappa shape index (κ1) is 8.74. The smallest absolute Gasteiger partial charge is 0.0892 e. The van der Waals surface area contributed by atoms with Gasteiger partial charge < -0.3 is 4.74 Å². The molecule has 1 rings (SSSR count). The van der Waals surface area contributed by atoms with Gasteiger partial charge in [-0.1, -0.05) is 0 Å². The zero-order valence-electron chi connectivity index (χ0n) is 6.67. The molecular formula is C7H11BrN2O. The van der Waals surface area contributed by atoms with Crippen LogP contribution in [0.25, 0.3) is 0 Å². The maximum atomic E-state index is 5.02. The summed E-state index contributed by atoms with van der Waals surface area (Å²) in [6, 6.07) is 0. The van der Waals surface area contributed by atoms with E-state index in [0.29, 0.717) is 6.61 Å². The molecule has 0 radical (unpaired) electrons. The van der Waals surface area contributed by atoms with E-state index >= 15 is 0 Å². The highest BCUT2D eigenvalue weighted by molar-refractivity contribution is 9.10. The fourth-order valence-electron chi connectivity index (χ4n) is 0.941. The number of hydrogen-bond acceptors (Lipinski definition) is 2. The van der Waals surface area contributed by atoms with Crippen molar-refractivity contribution in [3.05, 3.63) is 16.4 Å². The molecule has 1 aromatic heterocycles. The lowest BCUT2D eigenvalue weighted by atomic mass is 10.4. The standard InChI is InChI=1S/C7H11BrN2O/c1-3-10-7(5-11-2)6(8)4-9-10/h4H,3,5H2,1-2H3. The molecule has 0 fully saturated rings. The van der Waals surface area contributed by atoms with E-state index in [1.54, 1.807) is 13.3 Å². The lowest BCUT2D eigenvalue weighted by molar-refractivity contribution is 0.176. The van der Waals surface area contributed by atoms with Crippen molar-refractivity contribution in [2.24, 2.45) is 0 Å². The van der Waals surface area contributed by atoms with Gasteiger partial charge in [-0.3, -0.25) is 4.68 Å². The first-order chi connectivity index (χ1) is 5.29. The van der Waals surface area contributed by atoms with E-state index in [1.165, 1.54) is 0 Å². The molecule has 0 saturated heterocycles. The predicted molar refractivity (Wildman–Crippen MR) is 46.3 cm³/mol. The normalized spacial score (nSPS) is 10.5. The van der Waals surface area contributed by atoms with Crippen LogP contribution in [0.2, 0.25) is 0 Å². The topological polar surface area (TPSA) is 27.1 Å². The van der Waals surface area contributed by atoms with Gasteiger partial charge in [-0.25, -0.2) is 0 Å². The Hall–Kier alpha value is -0.350. The van der Waals surface area contributed by atoms with Crippen LogP contribution in [0.15, 0.2) is 10.7 Å². The average molecular weight is 219 g/mol. The number of aromatic nitrogens is 2. The third-order valence-electron chi connectivity index (χ3n) is 1.48. The molecule has 0 spiro atoms. The van der Waals surface area contributed by atoms with Gasteiger partial charge in [0.15, 0.2) is 0 Å². The Kier molecular flexibility index (Phi) is 3.08. The average Bonchev–Trinajstić information content (AvgIpc) is 2.34. The lowest BCUT2D eigenvalue weighted by Gasteiger charge is -2.02. The fraction of sp³-hybridized carbons (Fsp3) is 0.571. The van der Waals surface area contributed by atoms with E-state index in [2.05, 4.69) is 28.0 Å². The maximum Gasteiger partial charge on any atom is 0.0892 e. The number of halogens is 1. The Morgan fingerprint density at radius 1 is 1.73 bits per heavy atom. The van der Waals surface area contributed by atoms with Gasteiger partial charge in [0.1, 0.15) is 0 Å². The molecule has 0 N–H and O–H groups in total. The Morgan fingerprint density at radius 3 is 3.00 bits per heavy atom. The van der Waals surface area contributed by atoms with E-state index in [1.807, 2.05) is 4.68 Å². The molecule has 0 saturated carbocycles. The SMILES string of the molecule is CCn1ncc(Br)c1COC. The molecule has 11 heavy (non-hydrogen) atoms. The zero-order valence-corrected chi connectivity index (χ0v) is 8.26. The van der Waals surface area contributed by atoms with Crippen LogP contribution in [0.4, 0.5) is 0 Å². The molecule has 0 aromatic carbocycles. The van der Waals surface area contributed by atoms with Crippen LogP contribution < -0.4 is 0 Å². The third kappa shape index (κ3) is 1.81. The largest absolute Gasteiger partial charge is 0.378 e. The van der Waals surface area contributed by atoms with Crippen LogP contribution in [0.1, 0.15) is 12.6 Å². The molecule has 0 amide bonds. The van der Waals surface area contributed by atoms with Gasteiger partial charge in [-0.2, -0.15) is 5.10 Å². The van der Waals surface area contributed by atoms with Gasteiger partial charge in [0.2, 0.25) is 0 Å². The Morgan fingerprint density at radius 2 is 2.45 bits per heavy atom. The molecule has 1 aromatic rings. The van der Waals surface area contributed by atoms with Crippen LogP contribution in [0, 0.1) is 0 Å². The lowest BCUT2D eigenvalue weighted by Crippen LogP contribution is -2.03. The summed E-state index contributed by atoms with van der Waals surface area (Å²) in [5, 5.41) is 4.14. The summed E-state index contributed by atoms with van der Waals surface area (Å²) >= 11 is 3.40. The monoisotopic (exact) mass is 218 g/mol. The van der Waals surface area contributed by atoms with Crippen molar-refractivity contribution in [2.75, 3.05) is 7.11 Å². The van der Waals surface area contributed by atoms with Gasteiger partial charge in [0.25, 0.3) is 0 Å². The van der Waals surface area contributed by atoms with Crippen molar-refractivity contribution in [1.82, 2.24) is 9.78 Å². The van der Waals surface area contributed by atoms with Crippen molar-refractivity contribution < 1.29 is 4.74 Å². The summed E-state index contributed by atoms with van der Waals surface area (Å²) in [5.74, 6) is 0. The highest BCUT2D eigenvalue weighted by Gasteiger charge is 2.05. The summed E-state index contributed by atoms with van der Waals surface area (Å²) in [6.45, 7) is 3.54. The molecule has 0 aliphatic carbocycles. The molecule has 0 bridgehead atoms. The second-order valence-electron chi connectivity index (χ2n) is 2.19. The first-order valence-electron chi connectivity index (χ1n) is 3.48. The highest BCUT2D eigenvalue weighted by Crippen LogP contribution is 2.16. The fourth-order valence-corrected chi connectivity index (χ4v) is 1.35. The van der Waals surface area contributed by atoms with Crippen molar-refractivity contribution in [2.45, 2.75) is 20.1 Å². The molecule has 0 atom stereocenters. The molecule has 0 aliphatic rings. The van der Waals surface area contributed by atoms with Crippen molar-refractivity contribution in [3.8, 4) is 0 Å². The van der Waals surface area contributed by atoms with Crippen LogP contribution in [-0.2, 0) is 17.9 Å². The van der Waals surface area contributed by atoms with Crippen LogP contribution >= 0.6 is 15.9 Å². The van der Waals surface area contributed by atoms with E-state index in [-0.39, 0.29) is 0 Å². The zero-order chi connectivity index (χ0) is 8.27. The Balaban J connectivity index is 2.88. The summed E-state index contributed by atoms with van der Waals surface area (Å²) < 4.78 is 7.94. The maximum absolute atomic E-state index is 5.02. The minimum atomic E-state index is 0.606. The quantitative estimate of drug-likeness (QED) is 0.775. The van der Waals surface area contributed by atoms with Gasteiger partial charge in [-0.05, 0) is 22.9 Å².